The van der Waals surface area contributed by atoms with Crippen LogP contribution in [0.2, 0.25) is 5.02 Å². The standard InChI is InChI=1S/C21H20ClN7O/c1-2-28-20(30)16-11-25-21(26-15-4-3-14-10-23-7-5-13(14)9-15)27-19(16)29(28)18-6-8-24-12-17(18)22/h3-4,6,8-9,11-12,23H,2,5,7,10H2,1H3,(H,25,26,27). The highest BCUT2D eigenvalue weighted by molar-refractivity contribution is 6.32. The van der Waals surface area contributed by atoms with E-state index in [1.807, 2.05) is 13.0 Å². The number of fused-ring (bicyclic) bond motifs is 2. The molecule has 1 aliphatic rings. The van der Waals surface area contributed by atoms with Gasteiger partial charge in [0, 0.05) is 37.4 Å². The van der Waals surface area contributed by atoms with E-state index in [1.54, 1.807) is 34.0 Å². The number of rotatable bonds is 4. The molecule has 0 amide bonds. The molecule has 4 aromatic rings. The van der Waals surface area contributed by atoms with E-state index < -0.39 is 0 Å². The van der Waals surface area contributed by atoms with Crippen LogP contribution in [-0.4, -0.2) is 30.9 Å². The minimum atomic E-state index is -0.159. The number of halogens is 1. The van der Waals surface area contributed by atoms with Crippen LogP contribution in [0.5, 0.6) is 0 Å². The molecule has 1 aliphatic heterocycles. The van der Waals surface area contributed by atoms with Crippen molar-refractivity contribution in [2.45, 2.75) is 26.4 Å². The number of anilines is 2. The maximum atomic E-state index is 12.9. The van der Waals surface area contributed by atoms with Crippen LogP contribution < -0.4 is 16.2 Å². The fourth-order valence-corrected chi connectivity index (χ4v) is 4.04. The molecule has 4 heterocycles. The molecule has 9 heteroatoms. The lowest BCUT2D eigenvalue weighted by Gasteiger charge is -2.18. The Kier molecular flexibility index (Phi) is 4.72. The average molecular weight is 422 g/mol. The van der Waals surface area contributed by atoms with Crippen LogP contribution >= 0.6 is 11.6 Å². The van der Waals surface area contributed by atoms with E-state index >= 15 is 0 Å². The van der Waals surface area contributed by atoms with Crippen molar-refractivity contribution in [3.8, 4) is 5.69 Å². The number of nitrogens with zero attached hydrogens (tertiary/aromatic N) is 5. The third kappa shape index (κ3) is 3.14. The summed E-state index contributed by atoms with van der Waals surface area (Å²) in [7, 11) is 0. The quantitative estimate of drug-likeness (QED) is 0.526. The maximum Gasteiger partial charge on any atom is 0.278 e. The summed E-state index contributed by atoms with van der Waals surface area (Å²) in [6.45, 7) is 4.24. The zero-order valence-corrected chi connectivity index (χ0v) is 17.1. The smallest absolute Gasteiger partial charge is 0.278 e. The Hall–Kier alpha value is -3.23. The molecule has 0 aliphatic carbocycles. The Bertz CT molecular complexity index is 1310. The highest BCUT2D eigenvalue weighted by Crippen LogP contribution is 2.24. The van der Waals surface area contributed by atoms with Gasteiger partial charge < -0.3 is 10.6 Å². The van der Waals surface area contributed by atoms with Crippen molar-refractivity contribution in [1.82, 2.24) is 29.6 Å². The largest absolute Gasteiger partial charge is 0.324 e. The van der Waals surface area contributed by atoms with Gasteiger partial charge in [0.25, 0.3) is 5.56 Å². The van der Waals surface area contributed by atoms with E-state index in [4.69, 9.17) is 11.6 Å². The van der Waals surface area contributed by atoms with E-state index in [1.165, 1.54) is 11.1 Å². The topological polar surface area (TPSA) is 89.7 Å². The normalized spacial score (nSPS) is 13.4. The summed E-state index contributed by atoms with van der Waals surface area (Å²) in [5.41, 5.74) is 4.52. The Labute approximate surface area is 177 Å². The summed E-state index contributed by atoms with van der Waals surface area (Å²) in [6, 6.07) is 8.03. The lowest BCUT2D eigenvalue weighted by atomic mass is 10.0. The lowest BCUT2D eigenvalue weighted by Crippen LogP contribution is -2.23. The lowest BCUT2D eigenvalue weighted by molar-refractivity contribution is 0.575. The number of pyridine rings is 1. The number of hydrogen-bond donors (Lipinski definition) is 2. The first-order valence-electron chi connectivity index (χ1n) is 9.83. The van der Waals surface area contributed by atoms with Gasteiger partial charge in [0.1, 0.15) is 5.39 Å². The third-order valence-corrected chi connectivity index (χ3v) is 5.59. The van der Waals surface area contributed by atoms with Gasteiger partial charge >= 0.3 is 0 Å². The van der Waals surface area contributed by atoms with Crippen molar-refractivity contribution in [3.05, 3.63) is 69.4 Å². The van der Waals surface area contributed by atoms with Gasteiger partial charge in [-0.1, -0.05) is 17.7 Å². The van der Waals surface area contributed by atoms with Crippen LogP contribution in [0.1, 0.15) is 18.1 Å². The summed E-state index contributed by atoms with van der Waals surface area (Å²) in [5, 5.41) is 7.52. The average Bonchev–Trinajstić information content (AvgIpc) is 3.05. The number of hydrogen-bond acceptors (Lipinski definition) is 6. The molecule has 0 bridgehead atoms. The Morgan fingerprint density at radius 3 is 2.97 bits per heavy atom. The second-order valence-electron chi connectivity index (χ2n) is 7.13. The van der Waals surface area contributed by atoms with Crippen LogP contribution in [0.25, 0.3) is 16.7 Å². The monoisotopic (exact) mass is 421 g/mol. The molecule has 0 saturated heterocycles. The third-order valence-electron chi connectivity index (χ3n) is 5.30. The molecule has 5 rings (SSSR count). The van der Waals surface area contributed by atoms with Gasteiger partial charge in [-0.05, 0) is 49.2 Å². The van der Waals surface area contributed by atoms with Crippen LogP contribution in [0.15, 0.2) is 47.7 Å². The summed E-state index contributed by atoms with van der Waals surface area (Å²) in [6.07, 6.45) is 5.74. The molecular weight excluding hydrogens is 402 g/mol. The second kappa shape index (κ2) is 7.55. The molecule has 0 spiro atoms. The SMILES string of the molecule is CCn1c(=O)c2cnc(Nc3ccc4c(c3)CCNC4)nc2n1-c1ccncc1Cl. The van der Waals surface area contributed by atoms with Gasteiger partial charge in [-0.25, -0.2) is 14.3 Å². The van der Waals surface area contributed by atoms with Crippen molar-refractivity contribution >= 4 is 34.3 Å². The molecule has 2 N–H and O–H groups in total. The van der Waals surface area contributed by atoms with Gasteiger partial charge in [0.15, 0.2) is 5.65 Å². The second-order valence-corrected chi connectivity index (χ2v) is 7.53. The zero-order chi connectivity index (χ0) is 20.7. The molecule has 0 radical (unpaired) electrons. The molecule has 0 saturated carbocycles. The van der Waals surface area contributed by atoms with Gasteiger partial charge in [-0.15, -0.1) is 0 Å². The molecule has 152 valence electrons. The Morgan fingerprint density at radius 1 is 1.23 bits per heavy atom. The fraction of sp³-hybridized carbons (Fsp3) is 0.238. The molecular formula is C21H20ClN7O. The fourth-order valence-electron chi connectivity index (χ4n) is 3.84. The minimum Gasteiger partial charge on any atom is -0.324 e. The maximum absolute atomic E-state index is 12.9. The van der Waals surface area contributed by atoms with Gasteiger partial charge in [-0.3, -0.25) is 9.78 Å². The Morgan fingerprint density at radius 2 is 2.13 bits per heavy atom. The van der Waals surface area contributed by atoms with E-state index in [0.29, 0.717) is 34.2 Å². The van der Waals surface area contributed by atoms with Crippen LogP contribution in [0.3, 0.4) is 0 Å². The van der Waals surface area contributed by atoms with Gasteiger partial charge in [-0.2, -0.15) is 4.98 Å². The van der Waals surface area contributed by atoms with Gasteiger partial charge in [0.05, 0.1) is 10.7 Å². The first kappa shape index (κ1) is 18.8. The molecule has 0 fully saturated rings. The first-order chi connectivity index (χ1) is 14.7. The van der Waals surface area contributed by atoms with Crippen molar-refractivity contribution in [2.75, 3.05) is 11.9 Å². The van der Waals surface area contributed by atoms with Crippen LogP contribution in [0.4, 0.5) is 11.6 Å². The van der Waals surface area contributed by atoms with Crippen molar-refractivity contribution in [1.29, 1.82) is 0 Å². The zero-order valence-electron chi connectivity index (χ0n) is 16.4. The van der Waals surface area contributed by atoms with Crippen LogP contribution in [0, 0.1) is 0 Å². The van der Waals surface area contributed by atoms with E-state index in [9.17, 15) is 4.79 Å². The molecule has 0 unspecified atom stereocenters. The number of nitrogens with one attached hydrogen (secondary N) is 2. The highest BCUT2D eigenvalue weighted by Gasteiger charge is 2.18. The molecule has 0 atom stereocenters. The van der Waals surface area contributed by atoms with Crippen molar-refractivity contribution in [2.24, 2.45) is 0 Å². The summed E-state index contributed by atoms with van der Waals surface area (Å²) in [4.78, 5) is 25.9. The number of aromatic nitrogens is 5. The van der Waals surface area contributed by atoms with Crippen molar-refractivity contribution in [3.63, 3.8) is 0 Å². The van der Waals surface area contributed by atoms with E-state index in [0.717, 1.165) is 25.2 Å². The highest BCUT2D eigenvalue weighted by atomic mass is 35.5. The Balaban J connectivity index is 1.61. The first-order valence-corrected chi connectivity index (χ1v) is 10.2. The van der Waals surface area contributed by atoms with Crippen molar-refractivity contribution < 1.29 is 0 Å². The number of benzene rings is 1. The molecule has 8 nitrogen and oxygen atoms in total. The summed E-state index contributed by atoms with van der Waals surface area (Å²) in [5.74, 6) is 0.420. The molecule has 30 heavy (non-hydrogen) atoms. The molecule has 3 aromatic heterocycles. The summed E-state index contributed by atoms with van der Waals surface area (Å²) >= 11 is 6.37. The predicted molar refractivity (Wildman–Crippen MR) is 117 cm³/mol. The van der Waals surface area contributed by atoms with Gasteiger partial charge in [0.2, 0.25) is 5.95 Å². The van der Waals surface area contributed by atoms with E-state index in [-0.39, 0.29) is 5.56 Å². The van der Waals surface area contributed by atoms with Crippen LogP contribution in [-0.2, 0) is 19.5 Å². The van der Waals surface area contributed by atoms with E-state index in [2.05, 4.69) is 37.7 Å². The molecule has 1 aromatic carbocycles. The predicted octanol–water partition coefficient (Wildman–Crippen LogP) is 3.04. The summed E-state index contributed by atoms with van der Waals surface area (Å²) < 4.78 is 3.32. The minimum absolute atomic E-state index is 0.159.